The number of carbonyl (C=O) groups is 2. The minimum absolute atomic E-state index is 0.0269. The van der Waals surface area contributed by atoms with Crippen molar-refractivity contribution in [2.24, 2.45) is 0 Å². The number of nitrogens with one attached hydrogen (secondary N) is 2. The molecular weight excluding hydrogens is 274 g/mol. The van der Waals surface area contributed by atoms with Crippen LogP contribution in [0, 0.1) is 0 Å². The number of amides is 1. The highest BCUT2D eigenvalue weighted by molar-refractivity contribution is 5.88. The molecule has 2 heterocycles. The van der Waals surface area contributed by atoms with Gasteiger partial charge in [0.05, 0.1) is 18.8 Å². The smallest absolute Gasteiger partial charge is 0.360 e. The molecule has 8 nitrogen and oxygen atoms in total. The van der Waals surface area contributed by atoms with Crippen molar-refractivity contribution in [2.45, 2.75) is 45.3 Å². The molecule has 2 N–H and O–H groups in total. The number of rotatable bonds is 5. The van der Waals surface area contributed by atoms with Crippen LogP contribution < -0.4 is 10.6 Å². The van der Waals surface area contributed by atoms with Crippen LogP contribution >= 0.6 is 0 Å². The summed E-state index contributed by atoms with van der Waals surface area (Å²) in [5.41, 5.74) is 0.799. The fraction of sp³-hybridized carbons (Fsp3) is 0.692. The summed E-state index contributed by atoms with van der Waals surface area (Å²) in [4.78, 5) is 23.7. The normalized spacial score (nSPS) is 18.0. The molecule has 1 aliphatic rings. The number of aromatic nitrogens is 3. The Bertz CT molecular complexity index is 520. The number of methoxy groups -OCH3 is 1. The van der Waals surface area contributed by atoms with Crippen LogP contribution in [0.25, 0.3) is 0 Å². The van der Waals surface area contributed by atoms with E-state index in [1.54, 1.807) is 0 Å². The van der Waals surface area contributed by atoms with Crippen molar-refractivity contribution in [3.63, 3.8) is 0 Å². The third-order valence-corrected chi connectivity index (χ3v) is 3.29. The quantitative estimate of drug-likeness (QED) is 0.743. The lowest BCUT2D eigenvalue weighted by atomic mass is 10.1. The molecule has 1 aliphatic heterocycles. The van der Waals surface area contributed by atoms with Crippen molar-refractivity contribution in [1.82, 2.24) is 25.6 Å². The lowest BCUT2D eigenvalue weighted by molar-refractivity contribution is -0.122. The highest BCUT2D eigenvalue weighted by Crippen LogP contribution is 2.25. The summed E-state index contributed by atoms with van der Waals surface area (Å²) in [5.74, 6) is -0.695. The minimum Gasteiger partial charge on any atom is -0.464 e. The van der Waals surface area contributed by atoms with E-state index in [-0.39, 0.29) is 30.2 Å². The van der Waals surface area contributed by atoms with E-state index in [1.807, 2.05) is 13.8 Å². The summed E-state index contributed by atoms with van der Waals surface area (Å²) in [6.07, 6.45) is 1.89. The molecule has 116 valence electrons. The summed E-state index contributed by atoms with van der Waals surface area (Å²) >= 11 is 0. The number of hydrogen-bond acceptors (Lipinski definition) is 6. The third-order valence-electron chi connectivity index (χ3n) is 3.29. The molecule has 0 bridgehead atoms. The van der Waals surface area contributed by atoms with E-state index in [4.69, 9.17) is 4.74 Å². The van der Waals surface area contributed by atoms with E-state index >= 15 is 0 Å². The topological polar surface area (TPSA) is 98.1 Å². The Morgan fingerprint density at radius 1 is 1.52 bits per heavy atom. The van der Waals surface area contributed by atoms with Crippen LogP contribution in [0.5, 0.6) is 0 Å². The van der Waals surface area contributed by atoms with Gasteiger partial charge in [-0.05, 0) is 33.2 Å². The first-order valence-electron chi connectivity index (χ1n) is 7.07. The fourth-order valence-corrected chi connectivity index (χ4v) is 2.45. The number of nitrogens with zero attached hydrogens (tertiary/aromatic N) is 3. The van der Waals surface area contributed by atoms with E-state index in [9.17, 15) is 9.59 Å². The van der Waals surface area contributed by atoms with E-state index in [0.29, 0.717) is 5.69 Å². The number of carbonyl (C=O) groups excluding carboxylic acids is 2. The molecule has 1 saturated heterocycles. The molecule has 0 spiro atoms. The Labute approximate surface area is 123 Å². The maximum Gasteiger partial charge on any atom is 0.360 e. The molecule has 0 aliphatic carbocycles. The van der Waals surface area contributed by atoms with E-state index in [1.165, 1.54) is 11.8 Å². The van der Waals surface area contributed by atoms with Gasteiger partial charge in [0.1, 0.15) is 6.54 Å². The molecule has 0 aromatic carbocycles. The van der Waals surface area contributed by atoms with Gasteiger partial charge in [0.2, 0.25) is 5.91 Å². The van der Waals surface area contributed by atoms with Gasteiger partial charge in [-0.2, -0.15) is 0 Å². The van der Waals surface area contributed by atoms with Gasteiger partial charge < -0.3 is 15.4 Å². The van der Waals surface area contributed by atoms with Crippen LogP contribution in [0.1, 0.15) is 48.9 Å². The maximum absolute atomic E-state index is 11.9. The molecule has 1 amide bonds. The Morgan fingerprint density at radius 2 is 2.29 bits per heavy atom. The fourth-order valence-electron chi connectivity index (χ4n) is 2.45. The van der Waals surface area contributed by atoms with E-state index < -0.39 is 5.97 Å². The number of ether oxygens (including phenoxy) is 1. The number of hydrogen-bond donors (Lipinski definition) is 2. The largest absolute Gasteiger partial charge is 0.464 e. The molecule has 1 aromatic rings. The van der Waals surface area contributed by atoms with E-state index in [2.05, 4.69) is 20.9 Å². The second kappa shape index (κ2) is 6.66. The maximum atomic E-state index is 11.9. The van der Waals surface area contributed by atoms with E-state index in [0.717, 1.165) is 19.4 Å². The molecule has 2 rings (SSSR count). The van der Waals surface area contributed by atoms with Gasteiger partial charge in [0.15, 0.2) is 5.69 Å². The zero-order valence-corrected chi connectivity index (χ0v) is 12.5. The zero-order chi connectivity index (χ0) is 15.4. The number of esters is 1. The van der Waals surface area contributed by atoms with Crippen LogP contribution in [-0.2, 0) is 16.1 Å². The Hall–Kier alpha value is -1.96. The molecule has 0 saturated carbocycles. The molecule has 8 heteroatoms. The van der Waals surface area contributed by atoms with Gasteiger partial charge in [-0.25, -0.2) is 9.48 Å². The lowest BCUT2D eigenvalue weighted by Crippen LogP contribution is -2.34. The standard InChI is InChI=1S/C13H21N5O3/c1-8(2)15-10(19)7-18-12(9-5-4-6-14-9)11(16-17-18)13(20)21-3/h8-9,14H,4-7H2,1-3H3,(H,15,19). The van der Waals surface area contributed by atoms with Gasteiger partial charge >= 0.3 is 5.97 Å². The van der Waals surface area contributed by atoms with Crippen LogP contribution in [0.15, 0.2) is 0 Å². The molecule has 0 radical (unpaired) electrons. The monoisotopic (exact) mass is 295 g/mol. The Kier molecular flexibility index (Phi) is 4.89. The molecule has 1 unspecified atom stereocenters. The molecule has 21 heavy (non-hydrogen) atoms. The summed E-state index contributed by atoms with van der Waals surface area (Å²) in [5, 5.41) is 13.9. The van der Waals surface area contributed by atoms with Crippen LogP contribution in [0.3, 0.4) is 0 Å². The summed E-state index contributed by atoms with van der Waals surface area (Å²) in [6, 6.07) is 0.0232. The first kappa shape index (κ1) is 15.4. The van der Waals surface area contributed by atoms with Crippen LogP contribution in [-0.4, -0.2) is 46.6 Å². The first-order valence-corrected chi connectivity index (χ1v) is 7.07. The Morgan fingerprint density at radius 3 is 2.86 bits per heavy atom. The lowest BCUT2D eigenvalue weighted by Gasteiger charge is -2.14. The highest BCUT2D eigenvalue weighted by Gasteiger charge is 2.29. The van der Waals surface area contributed by atoms with Crippen molar-refractivity contribution in [3.8, 4) is 0 Å². The predicted molar refractivity (Wildman–Crippen MR) is 74.6 cm³/mol. The summed E-state index contributed by atoms with van der Waals surface area (Å²) in [7, 11) is 1.30. The van der Waals surface area contributed by atoms with Gasteiger partial charge in [0.25, 0.3) is 0 Å². The van der Waals surface area contributed by atoms with Gasteiger partial charge in [-0.15, -0.1) is 5.10 Å². The highest BCUT2D eigenvalue weighted by atomic mass is 16.5. The van der Waals surface area contributed by atoms with Gasteiger partial charge in [-0.3, -0.25) is 4.79 Å². The molecule has 1 aromatic heterocycles. The van der Waals surface area contributed by atoms with Crippen molar-refractivity contribution in [3.05, 3.63) is 11.4 Å². The van der Waals surface area contributed by atoms with Gasteiger partial charge in [0, 0.05) is 6.04 Å². The molecule has 1 atom stereocenters. The summed E-state index contributed by atoms with van der Waals surface area (Å²) < 4.78 is 6.22. The molecule has 1 fully saturated rings. The second-order valence-electron chi connectivity index (χ2n) is 5.34. The Balaban J connectivity index is 2.25. The first-order chi connectivity index (χ1) is 10.0. The second-order valence-corrected chi connectivity index (χ2v) is 5.34. The van der Waals surface area contributed by atoms with Crippen molar-refractivity contribution in [2.75, 3.05) is 13.7 Å². The van der Waals surface area contributed by atoms with Crippen molar-refractivity contribution in [1.29, 1.82) is 0 Å². The van der Waals surface area contributed by atoms with Crippen molar-refractivity contribution < 1.29 is 14.3 Å². The SMILES string of the molecule is COC(=O)c1nnn(CC(=O)NC(C)C)c1C1CCCN1. The zero-order valence-electron chi connectivity index (χ0n) is 12.5. The summed E-state index contributed by atoms with van der Waals surface area (Å²) in [6.45, 7) is 4.68. The van der Waals surface area contributed by atoms with Crippen LogP contribution in [0.4, 0.5) is 0 Å². The minimum atomic E-state index is -0.533. The van der Waals surface area contributed by atoms with Gasteiger partial charge in [-0.1, -0.05) is 5.21 Å². The third kappa shape index (κ3) is 3.57. The average molecular weight is 295 g/mol. The molecular formula is C13H21N5O3. The van der Waals surface area contributed by atoms with Crippen LogP contribution in [0.2, 0.25) is 0 Å². The average Bonchev–Trinajstić information content (AvgIpc) is 3.05. The van der Waals surface area contributed by atoms with Crippen molar-refractivity contribution >= 4 is 11.9 Å². The predicted octanol–water partition coefficient (Wildman–Crippen LogP) is 0.0138.